The maximum Gasteiger partial charge on any atom is 0.238 e. The molecular formula is C11H11ClFN3O2. The number of carbonyl (C=O) groups is 1. The summed E-state index contributed by atoms with van der Waals surface area (Å²) in [5, 5.41) is 14.0. The van der Waals surface area contributed by atoms with E-state index in [0.717, 1.165) is 6.07 Å². The topological polar surface area (TPSA) is 87.7 Å². The molecule has 0 radical (unpaired) electrons. The summed E-state index contributed by atoms with van der Waals surface area (Å²) >= 11 is 5.53. The second kappa shape index (κ2) is 4.45. The Labute approximate surface area is 107 Å². The molecule has 96 valence electrons. The van der Waals surface area contributed by atoms with Crippen molar-refractivity contribution in [3.05, 3.63) is 29.0 Å². The van der Waals surface area contributed by atoms with E-state index in [2.05, 4.69) is 10.5 Å². The molecule has 1 aliphatic rings. The number of nitrogens with two attached hydrogens (primary N) is 1. The fourth-order valence-corrected chi connectivity index (χ4v) is 1.76. The van der Waals surface area contributed by atoms with Crippen LogP contribution in [0, 0.1) is 11.2 Å². The standard InChI is InChI=1S/C11H11ClFN3O2/c12-7-2-1-6(5-8(7)13)15-10(17)11(3-4-11)9(14)16-18/h1-2,5,18H,3-4H2,(H2,14,16)(H,15,17). The lowest BCUT2D eigenvalue weighted by atomic mass is 10.1. The van der Waals surface area contributed by atoms with Gasteiger partial charge < -0.3 is 16.3 Å². The Morgan fingerprint density at radius 3 is 2.72 bits per heavy atom. The zero-order valence-corrected chi connectivity index (χ0v) is 10.0. The summed E-state index contributed by atoms with van der Waals surface area (Å²) in [6.07, 6.45) is 1.01. The molecule has 7 heteroatoms. The first-order valence-corrected chi connectivity index (χ1v) is 5.62. The van der Waals surface area contributed by atoms with Crippen molar-refractivity contribution in [1.29, 1.82) is 0 Å². The Kier molecular flexibility index (Phi) is 3.13. The third-order valence-electron chi connectivity index (χ3n) is 2.96. The number of hydrogen-bond donors (Lipinski definition) is 3. The van der Waals surface area contributed by atoms with Gasteiger partial charge in [-0.1, -0.05) is 16.8 Å². The number of nitrogens with one attached hydrogen (secondary N) is 1. The number of amidine groups is 1. The number of oxime groups is 1. The lowest BCUT2D eigenvalue weighted by Gasteiger charge is -2.13. The summed E-state index contributed by atoms with van der Waals surface area (Å²) < 4.78 is 13.2. The van der Waals surface area contributed by atoms with Crippen LogP contribution >= 0.6 is 11.6 Å². The minimum Gasteiger partial charge on any atom is -0.409 e. The van der Waals surface area contributed by atoms with Crippen molar-refractivity contribution in [2.24, 2.45) is 16.3 Å². The second-order valence-corrected chi connectivity index (χ2v) is 4.56. The normalized spacial score (nSPS) is 17.3. The van der Waals surface area contributed by atoms with Crippen molar-refractivity contribution in [3.8, 4) is 0 Å². The third kappa shape index (κ3) is 2.11. The van der Waals surface area contributed by atoms with Crippen molar-refractivity contribution >= 4 is 29.0 Å². The van der Waals surface area contributed by atoms with Crippen LogP contribution in [-0.4, -0.2) is 17.0 Å². The molecule has 18 heavy (non-hydrogen) atoms. The fourth-order valence-electron chi connectivity index (χ4n) is 1.64. The molecule has 0 atom stereocenters. The molecule has 1 aromatic rings. The molecule has 1 aromatic carbocycles. The molecule has 1 aliphatic carbocycles. The first-order chi connectivity index (χ1) is 8.49. The number of anilines is 1. The molecule has 0 aromatic heterocycles. The molecule has 1 amide bonds. The lowest BCUT2D eigenvalue weighted by molar-refractivity contribution is -0.119. The van der Waals surface area contributed by atoms with Crippen LogP contribution < -0.4 is 11.1 Å². The molecule has 5 nitrogen and oxygen atoms in total. The van der Waals surface area contributed by atoms with Gasteiger partial charge >= 0.3 is 0 Å². The first kappa shape index (κ1) is 12.6. The monoisotopic (exact) mass is 271 g/mol. The van der Waals surface area contributed by atoms with Gasteiger partial charge in [-0.25, -0.2) is 4.39 Å². The van der Waals surface area contributed by atoms with E-state index in [1.165, 1.54) is 12.1 Å². The van der Waals surface area contributed by atoms with E-state index < -0.39 is 17.1 Å². The largest absolute Gasteiger partial charge is 0.409 e. The number of hydrogen-bond acceptors (Lipinski definition) is 3. The van der Waals surface area contributed by atoms with Crippen LogP contribution in [0.4, 0.5) is 10.1 Å². The predicted octanol–water partition coefficient (Wildman–Crippen LogP) is 1.94. The van der Waals surface area contributed by atoms with Crippen molar-refractivity contribution in [1.82, 2.24) is 0 Å². The van der Waals surface area contributed by atoms with Gasteiger partial charge in [0.05, 0.1) is 5.02 Å². The number of amides is 1. The van der Waals surface area contributed by atoms with Crippen molar-refractivity contribution < 1.29 is 14.4 Å². The molecule has 1 saturated carbocycles. The number of benzene rings is 1. The van der Waals surface area contributed by atoms with E-state index in [0.29, 0.717) is 12.8 Å². The summed E-state index contributed by atoms with van der Waals surface area (Å²) in [4.78, 5) is 12.0. The molecular weight excluding hydrogens is 261 g/mol. The van der Waals surface area contributed by atoms with E-state index in [1.807, 2.05) is 0 Å². The quantitative estimate of drug-likeness (QED) is 0.340. The summed E-state index contributed by atoms with van der Waals surface area (Å²) in [7, 11) is 0. The molecule has 0 spiro atoms. The highest BCUT2D eigenvalue weighted by Crippen LogP contribution is 2.46. The van der Waals surface area contributed by atoms with Gasteiger partial charge in [-0.15, -0.1) is 0 Å². The molecule has 4 N–H and O–H groups in total. The lowest BCUT2D eigenvalue weighted by Crippen LogP contribution is -2.36. The summed E-state index contributed by atoms with van der Waals surface area (Å²) in [5.74, 6) is -1.17. The zero-order valence-electron chi connectivity index (χ0n) is 9.28. The maximum absolute atomic E-state index is 13.2. The van der Waals surface area contributed by atoms with Gasteiger partial charge in [0.25, 0.3) is 0 Å². The number of halogens is 2. The van der Waals surface area contributed by atoms with Crippen molar-refractivity contribution in [2.45, 2.75) is 12.8 Å². The Balaban J connectivity index is 2.15. The summed E-state index contributed by atoms with van der Waals surface area (Å²) in [5.41, 5.74) is 4.78. The summed E-state index contributed by atoms with van der Waals surface area (Å²) in [6, 6.07) is 3.93. The highest BCUT2D eigenvalue weighted by Gasteiger charge is 2.54. The van der Waals surface area contributed by atoms with E-state index in [4.69, 9.17) is 22.5 Å². The van der Waals surface area contributed by atoms with Crippen LogP contribution in [0.3, 0.4) is 0 Å². The van der Waals surface area contributed by atoms with Crippen LogP contribution in [0.25, 0.3) is 0 Å². The van der Waals surface area contributed by atoms with E-state index in [-0.39, 0.29) is 16.5 Å². The minimum atomic E-state index is -0.967. The zero-order chi connectivity index (χ0) is 13.3. The highest BCUT2D eigenvalue weighted by atomic mass is 35.5. The number of nitrogens with zero attached hydrogens (tertiary/aromatic N) is 1. The minimum absolute atomic E-state index is 0.0226. The molecule has 0 unspecified atom stereocenters. The van der Waals surface area contributed by atoms with Crippen LogP contribution in [0.15, 0.2) is 23.4 Å². The van der Waals surface area contributed by atoms with Gasteiger partial charge in [-0.05, 0) is 31.0 Å². The molecule has 1 fully saturated rings. The smallest absolute Gasteiger partial charge is 0.238 e. The van der Waals surface area contributed by atoms with E-state index >= 15 is 0 Å². The van der Waals surface area contributed by atoms with Gasteiger partial charge in [0.2, 0.25) is 5.91 Å². The SMILES string of the molecule is N/C(=N/O)C1(C(=O)Nc2ccc(Cl)c(F)c2)CC1. The van der Waals surface area contributed by atoms with E-state index in [9.17, 15) is 9.18 Å². The van der Waals surface area contributed by atoms with Gasteiger partial charge in [0.1, 0.15) is 11.2 Å². The predicted molar refractivity (Wildman–Crippen MR) is 65.1 cm³/mol. The van der Waals surface area contributed by atoms with E-state index in [1.54, 1.807) is 0 Å². The Bertz CT molecular complexity index is 529. The molecule has 0 bridgehead atoms. The van der Waals surface area contributed by atoms with Crippen LogP contribution in [0.1, 0.15) is 12.8 Å². The van der Waals surface area contributed by atoms with Gasteiger partial charge in [-0.3, -0.25) is 4.79 Å². The highest BCUT2D eigenvalue weighted by molar-refractivity contribution is 6.30. The second-order valence-electron chi connectivity index (χ2n) is 4.15. The van der Waals surface area contributed by atoms with Gasteiger partial charge in [-0.2, -0.15) is 0 Å². The molecule has 0 saturated heterocycles. The molecule has 2 rings (SSSR count). The molecule has 0 heterocycles. The average Bonchev–Trinajstić information content (AvgIpc) is 3.14. The Morgan fingerprint density at radius 2 is 2.22 bits per heavy atom. The number of carbonyl (C=O) groups excluding carboxylic acids is 1. The van der Waals surface area contributed by atoms with Crippen molar-refractivity contribution in [3.63, 3.8) is 0 Å². The average molecular weight is 272 g/mol. The van der Waals surface area contributed by atoms with Crippen LogP contribution in [-0.2, 0) is 4.79 Å². The summed E-state index contributed by atoms with van der Waals surface area (Å²) in [6.45, 7) is 0. The third-order valence-corrected chi connectivity index (χ3v) is 3.27. The van der Waals surface area contributed by atoms with Gasteiger partial charge in [0, 0.05) is 5.69 Å². The Hall–Kier alpha value is -1.82. The van der Waals surface area contributed by atoms with Gasteiger partial charge in [0.15, 0.2) is 5.84 Å². The maximum atomic E-state index is 13.2. The van der Waals surface area contributed by atoms with Crippen LogP contribution in [0.2, 0.25) is 5.02 Å². The first-order valence-electron chi connectivity index (χ1n) is 5.24. The number of rotatable bonds is 3. The fraction of sp³-hybridized carbons (Fsp3) is 0.273. The molecule has 0 aliphatic heterocycles. The Morgan fingerprint density at radius 1 is 1.56 bits per heavy atom. The van der Waals surface area contributed by atoms with Crippen molar-refractivity contribution in [2.75, 3.05) is 5.32 Å². The van der Waals surface area contributed by atoms with Crippen LogP contribution in [0.5, 0.6) is 0 Å².